The summed E-state index contributed by atoms with van der Waals surface area (Å²) in [6.07, 6.45) is 0.787. The lowest BCUT2D eigenvalue weighted by atomic mass is 10.1. The van der Waals surface area contributed by atoms with E-state index >= 15 is 0 Å². The standard InChI is InChI=1S/C24H29N3O5/c1-16-11-18-13-21(31-2)22(32-3)14-20(18)27(16)23(28)15-25-7-9-26(10-8-25)19-6-4-5-17(12-19)24(29)30/h4-6,12-14,16H,7-11,15H2,1-3H3,(H,29,30). The van der Waals surface area contributed by atoms with Gasteiger partial charge in [-0.2, -0.15) is 0 Å². The Kier molecular flexibility index (Phi) is 6.23. The van der Waals surface area contributed by atoms with Crippen LogP contribution in [-0.2, 0) is 11.2 Å². The molecular formula is C24H29N3O5. The van der Waals surface area contributed by atoms with Crippen molar-refractivity contribution >= 4 is 23.3 Å². The molecule has 1 atom stereocenters. The Morgan fingerprint density at radius 2 is 1.72 bits per heavy atom. The number of carbonyl (C=O) groups is 2. The Morgan fingerprint density at radius 3 is 2.38 bits per heavy atom. The van der Waals surface area contributed by atoms with E-state index in [-0.39, 0.29) is 17.5 Å². The molecule has 170 valence electrons. The zero-order chi connectivity index (χ0) is 22.8. The number of rotatable bonds is 6. The van der Waals surface area contributed by atoms with Gasteiger partial charge in [0.1, 0.15) is 0 Å². The topological polar surface area (TPSA) is 82.6 Å². The Hall–Kier alpha value is -3.26. The van der Waals surface area contributed by atoms with Gasteiger partial charge in [-0.1, -0.05) is 6.07 Å². The van der Waals surface area contributed by atoms with Gasteiger partial charge in [-0.05, 0) is 43.2 Å². The number of piperazine rings is 1. The SMILES string of the molecule is COc1cc2c(cc1OC)N(C(=O)CN1CCN(c3cccc(C(=O)O)c3)CC1)C(C)C2. The molecule has 2 heterocycles. The number of hydrogen-bond acceptors (Lipinski definition) is 6. The first-order chi connectivity index (χ1) is 15.4. The summed E-state index contributed by atoms with van der Waals surface area (Å²) in [6.45, 7) is 5.38. The second-order valence-corrected chi connectivity index (χ2v) is 8.27. The molecule has 0 aromatic heterocycles. The third-order valence-electron chi connectivity index (χ3n) is 6.26. The fraction of sp³-hybridized carbons (Fsp3) is 0.417. The predicted molar refractivity (Wildman–Crippen MR) is 122 cm³/mol. The first-order valence-corrected chi connectivity index (χ1v) is 10.8. The first kappa shape index (κ1) is 22.0. The minimum absolute atomic E-state index is 0.0739. The van der Waals surface area contributed by atoms with E-state index in [0.29, 0.717) is 18.0 Å². The highest BCUT2D eigenvalue weighted by molar-refractivity contribution is 5.98. The van der Waals surface area contributed by atoms with Gasteiger partial charge >= 0.3 is 5.97 Å². The maximum atomic E-state index is 13.2. The average Bonchev–Trinajstić information content (AvgIpc) is 3.13. The molecule has 1 unspecified atom stereocenters. The third kappa shape index (κ3) is 4.23. The molecule has 1 N–H and O–H groups in total. The van der Waals surface area contributed by atoms with Crippen molar-refractivity contribution in [3.05, 3.63) is 47.5 Å². The highest BCUT2D eigenvalue weighted by Crippen LogP contribution is 2.40. The van der Waals surface area contributed by atoms with E-state index in [0.717, 1.165) is 49.5 Å². The Balaban J connectivity index is 1.41. The smallest absolute Gasteiger partial charge is 0.335 e. The summed E-state index contributed by atoms with van der Waals surface area (Å²) in [7, 11) is 3.21. The number of benzene rings is 2. The zero-order valence-electron chi connectivity index (χ0n) is 18.7. The van der Waals surface area contributed by atoms with Crippen LogP contribution in [-0.4, -0.2) is 74.9 Å². The van der Waals surface area contributed by atoms with Gasteiger partial charge in [0, 0.05) is 44.0 Å². The summed E-state index contributed by atoms with van der Waals surface area (Å²) in [5.41, 5.74) is 3.17. The monoisotopic (exact) mass is 439 g/mol. The minimum atomic E-state index is -0.926. The van der Waals surface area contributed by atoms with Crippen molar-refractivity contribution < 1.29 is 24.2 Å². The van der Waals surface area contributed by atoms with Gasteiger partial charge in [-0.25, -0.2) is 4.79 Å². The molecule has 2 aliphatic heterocycles. The maximum absolute atomic E-state index is 13.2. The lowest BCUT2D eigenvalue weighted by Gasteiger charge is -2.36. The normalized spacial score (nSPS) is 18.4. The van der Waals surface area contributed by atoms with Crippen molar-refractivity contribution in [3.63, 3.8) is 0 Å². The van der Waals surface area contributed by atoms with Gasteiger partial charge in [-0.3, -0.25) is 9.69 Å². The molecule has 32 heavy (non-hydrogen) atoms. The molecular weight excluding hydrogens is 410 g/mol. The van der Waals surface area contributed by atoms with Crippen LogP contribution in [0.25, 0.3) is 0 Å². The molecule has 4 rings (SSSR count). The number of nitrogens with zero attached hydrogens (tertiary/aromatic N) is 3. The largest absolute Gasteiger partial charge is 0.493 e. The number of aromatic carboxylic acids is 1. The number of hydrogen-bond donors (Lipinski definition) is 1. The average molecular weight is 440 g/mol. The molecule has 1 amide bonds. The molecule has 2 aromatic rings. The van der Waals surface area contributed by atoms with Gasteiger partial charge in [0.2, 0.25) is 5.91 Å². The lowest BCUT2D eigenvalue weighted by Crippen LogP contribution is -2.51. The minimum Gasteiger partial charge on any atom is -0.493 e. The highest BCUT2D eigenvalue weighted by atomic mass is 16.5. The molecule has 0 radical (unpaired) electrons. The summed E-state index contributed by atoms with van der Waals surface area (Å²) in [6, 6.07) is 10.9. The molecule has 0 bridgehead atoms. The van der Waals surface area contributed by atoms with E-state index in [1.165, 1.54) is 0 Å². The number of anilines is 2. The molecule has 8 nitrogen and oxygen atoms in total. The Morgan fingerprint density at radius 1 is 1.03 bits per heavy atom. The quantitative estimate of drug-likeness (QED) is 0.741. The van der Waals surface area contributed by atoms with E-state index in [2.05, 4.69) is 16.7 Å². The van der Waals surface area contributed by atoms with Crippen molar-refractivity contribution in [2.75, 3.05) is 56.7 Å². The number of carboxylic acids is 1. The van der Waals surface area contributed by atoms with E-state index in [1.807, 2.05) is 23.1 Å². The second-order valence-electron chi connectivity index (χ2n) is 8.27. The Labute approximate surface area is 187 Å². The van der Waals surface area contributed by atoms with Gasteiger partial charge in [0.05, 0.1) is 32.0 Å². The number of carbonyl (C=O) groups excluding carboxylic acids is 1. The fourth-order valence-electron chi connectivity index (χ4n) is 4.59. The summed E-state index contributed by atoms with van der Waals surface area (Å²) < 4.78 is 10.8. The summed E-state index contributed by atoms with van der Waals surface area (Å²) in [5, 5.41) is 9.22. The van der Waals surface area contributed by atoms with Gasteiger partial charge in [-0.15, -0.1) is 0 Å². The third-order valence-corrected chi connectivity index (χ3v) is 6.26. The molecule has 0 aliphatic carbocycles. The van der Waals surface area contributed by atoms with Crippen molar-refractivity contribution in [1.82, 2.24) is 4.90 Å². The summed E-state index contributed by atoms with van der Waals surface area (Å²) in [5.74, 6) is 0.446. The van der Waals surface area contributed by atoms with Crippen LogP contribution in [0, 0.1) is 0 Å². The molecule has 1 saturated heterocycles. The van der Waals surface area contributed by atoms with E-state index in [4.69, 9.17) is 9.47 Å². The van der Waals surface area contributed by atoms with E-state index < -0.39 is 5.97 Å². The highest BCUT2D eigenvalue weighted by Gasteiger charge is 2.33. The first-order valence-electron chi connectivity index (χ1n) is 10.8. The summed E-state index contributed by atoms with van der Waals surface area (Å²) in [4.78, 5) is 30.7. The van der Waals surface area contributed by atoms with Gasteiger partial charge in [0.15, 0.2) is 11.5 Å². The van der Waals surface area contributed by atoms with Crippen molar-refractivity contribution in [2.24, 2.45) is 0 Å². The van der Waals surface area contributed by atoms with Gasteiger partial charge < -0.3 is 24.4 Å². The zero-order valence-corrected chi connectivity index (χ0v) is 18.7. The van der Waals surface area contributed by atoms with Crippen molar-refractivity contribution in [1.29, 1.82) is 0 Å². The molecule has 2 aliphatic rings. The number of amides is 1. The number of ether oxygens (including phenoxy) is 2. The maximum Gasteiger partial charge on any atom is 0.335 e. The van der Waals surface area contributed by atoms with Crippen LogP contribution >= 0.6 is 0 Å². The van der Waals surface area contributed by atoms with E-state index in [1.54, 1.807) is 32.4 Å². The molecule has 2 aromatic carbocycles. The fourth-order valence-corrected chi connectivity index (χ4v) is 4.59. The van der Waals surface area contributed by atoms with Crippen LogP contribution in [0.4, 0.5) is 11.4 Å². The number of fused-ring (bicyclic) bond motifs is 1. The van der Waals surface area contributed by atoms with Crippen LogP contribution in [0.2, 0.25) is 0 Å². The van der Waals surface area contributed by atoms with Crippen LogP contribution in [0.5, 0.6) is 11.5 Å². The van der Waals surface area contributed by atoms with Crippen molar-refractivity contribution in [3.8, 4) is 11.5 Å². The van der Waals surface area contributed by atoms with Crippen molar-refractivity contribution in [2.45, 2.75) is 19.4 Å². The van der Waals surface area contributed by atoms with Gasteiger partial charge in [0.25, 0.3) is 0 Å². The lowest BCUT2D eigenvalue weighted by molar-refractivity contribution is -0.120. The van der Waals surface area contributed by atoms with E-state index in [9.17, 15) is 14.7 Å². The molecule has 1 fully saturated rings. The number of methoxy groups -OCH3 is 2. The molecule has 0 saturated carbocycles. The van der Waals surface area contributed by atoms with Crippen LogP contribution in [0.1, 0.15) is 22.8 Å². The molecule has 0 spiro atoms. The Bertz CT molecular complexity index is 1020. The van der Waals surface area contributed by atoms with Crippen LogP contribution in [0.3, 0.4) is 0 Å². The summed E-state index contributed by atoms with van der Waals surface area (Å²) >= 11 is 0. The second kappa shape index (κ2) is 9.08. The molecule has 8 heteroatoms. The van der Waals surface area contributed by atoms with Crippen LogP contribution in [0.15, 0.2) is 36.4 Å². The van der Waals surface area contributed by atoms with Crippen LogP contribution < -0.4 is 19.3 Å². The predicted octanol–water partition coefficient (Wildman–Crippen LogP) is 2.50. The number of carboxylic acid groups (broad SMARTS) is 1.